The predicted molar refractivity (Wildman–Crippen MR) is 374 cm³/mol. The first-order valence-corrected chi connectivity index (χ1v) is 39.5. The molecule has 0 bridgehead atoms. The lowest BCUT2D eigenvalue weighted by atomic mass is 9.94. The van der Waals surface area contributed by atoms with Gasteiger partial charge in [0, 0.05) is 7.11 Å². The Morgan fingerprint density at radius 1 is 0.177 bits per heavy atom. The van der Waals surface area contributed by atoms with Gasteiger partial charge in [-0.15, -0.1) is 0 Å². The number of hydrogen-bond acceptors (Lipinski definition) is 56. The Bertz CT molecular complexity index is 3120. The van der Waals surface area contributed by atoms with Crippen molar-refractivity contribution in [1.82, 2.24) is 0 Å². The SMILES string of the molecule is CO[C@@H]1C(O)[C@H](O[C@@H]2C(O)[C@H](O[C@@H]3C(O)[C@H](O[C@@H]4C(O)[C@H](O[C@@H]5C(O)[C@H](O[C@@H]6C(O)[C@H](O[C@@H]7C(O)[C@H](O)OC(CO)[C@H]7O)OC(CO)[C@H]6O)OC(CO)[C@H]5O)OC(CO)[C@H]4O)OC(CO[C@@H]4OC(CO)[C@@H](O)[C@H](O)C4O)[C@H]3O)OC(CO)[C@H]2O)OC(CO)[C@H]1O.C[C@@H]1OC(CO)[C@@H](O)[C@H](O[C@@H]2OC(CO)[C@@H](O)[C@H](O[C@@H]3OC(CO)[C@@H](O)[C@H](O)C3O)C2O)C1O. The molecule has 0 aromatic carbocycles. The summed E-state index contributed by atoms with van der Waals surface area (Å²) in [6, 6.07) is 0. The van der Waals surface area contributed by atoms with Crippen LogP contribution in [0.3, 0.4) is 0 Å². The lowest BCUT2D eigenvalue weighted by Gasteiger charge is -2.50. The highest BCUT2D eigenvalue weighted by Crippen LogP contribution is 2.41. The predicted octanol–water partition coefficient (Wildman–Crippen LogP) is -24.3. The monoisotopic (exact) mass is 1830 g/mol. The van der Waals surface area contributed by atoms with E-state index in [1.807, 2.05) is 0 Å². The largest absolute Gasteiger partial charge is 0.394 e. The van der Waals surface area contributed by atoms with E-state index in [2.05, 4.69) is 0 Å². The minimum Gasteiger partial charge on any atom is -0.394 e. The maximum absolute atomic E-state index is 12.0. The summed E-state index contributed by atoms with van der Waals surface area (Å²) in [7, 11) is 1.09. The van der Waals surface area contributed by atoms with E-state index in [1.54, 1.807) is 0 Å². The Morgan fingerprint density at radius 3 is 0.629 bits per heavy atom. The first-order valence-electron chi connectivity index (χ1n) is 39.5. The number of ether oxygens (including phenoxy) is 21. The third-order valence-electron chi connectivity index (χ3n) is 23.2. The van der Waals surface area contributed by atoms with Gasteiger partial charge in [-0.25, -0.2) is 0 Å². The summed E-state index contributed by atoms with van der Waals surface area (Å²) in [5, 5.41) is 372. The Kier molecular flexibility index (Phi) is 38.2. The van der Waals surface area contributed by atoms with Gasteiger partial charge in [-0.3, -0.25) is 0 Å². The van der Waals surface area contributed by atoms with Gasteiger partial charge in [0.05, 0.1) is 78.8 Å². The maximum Gasteiger partial charge on any atom is 0.187 e. The van der Waals surface area contributed by atoms with Crippen LogP contribution in [0.1, 0.15) is 6.92 Å². The van der Waals surface area contributed by atoms with Crippen molar-refractivity contribution in [1.29, 1.82) is 0 Å². The zero-order chi connectivity index (χ0) is 91.4. The number of aliphatic hydroxyl groups excluding tert-OH is 35. The quantitative estimate of drug-likeness (QED) is 0.0318. The van der Waals surface area contributed by atoms with E-state index in [1.165, 1.54) is 6.92 Å². The highest BCUT2D eigenvalue weighted by atomic mass is 16.8. The number of hydrogen-bond donors (Lipinski definition) is 35. The third kappa shape index (κ3) is 22.1. The highest BCUT2D eigenvalue weighted by molar-refractivity contribution is 5.04. The average Bonchev–Trinajstić information content (AvgIpc) is 0.766. The Hall–Kier alpha value is -2.24. The molecule has 0 aliphatic carbocycles. The second kappa shape index (κ2) is 45.7. The second-order valence-electron chi connectivity index (χ2n) is 31.3. The molecular formula is C68H118O56. The zero-order valence-electron chi connectivity index (χ0n) is 65.8. The second-order valence-corrected chi connectivity index (χ2v) is 31.3. The summed E-state index contributed by atoms with van der Waals surface area (Å²) in [6.45, 7) is -8.68. The molecule has 11 heterocycles. The van der Waals surface area contributed by atoms with Crippen molar-refractivity contribution < 1.29 is 278 Å². The van der Waals surface area contributed by atoms with Crippen LogP contribution >= 0.6 is 0 Å². The number of aliphatic hydroxyl groups is 35. The molecule has 0 spiro atoms. The van der Waals surface area contributed by atoms with E-state index in [-0.39, 0.29) is 0 Å². The van der Waals surface area contributed by atoms with Crippen LogP contribution in [0.4, 0.5) is 0 Å². The fourth-order valence-corrected chi connectivity index (χ4v) is 15.9. The molecule has 124 heavy (non-hydrogen) atoms. The molecule has 726 valence electrons. The van der Waals surface area contributed by atoms with Crippen LogP contribution in [0, 0.1) is 0 Å². The van der Waals surface area contributed by atoms with Crippen molar-refractivity contribution in [3.05, 3.63) is 0 Å². The molecule has 0 aromatic heterocycles. The zero-order valence-corrected chi connectivity index (χ0v) is 65.8. The van der Waals surface area contributed by atoms with Crippen molar-refractivity contribution >= 4 is 0 Å². The summed E-state index contributed by atoms with van der Waals surface area (Å²) in [5.41, 5.74) is 0. The molecule has 22 unspecified atom stereocenters. The molecule has 56 nitrogen and oxygen atoms in total. The molecule has 0 saturated carbocycles. The summed E-state index contributed by atoms with van der Waals surface area (Å²) in [5.74, 6) is 0. The first kappa shape index (κ1) is 104. The van der Waals surface area contributed by atoms with Gasteiger partial charge in [-0.1, -0.05) is 0 Å². The van der Waals surface area contributed by atoms with Gasteiger partial charge in [0.25, 0.3) is 0 Å². The maximum atomic E-state index is 12.0. The van der Waals surface area contributed by atoms with Crippen molar-refractivity contribution in [3.8, 4) is 0 Å². The molecule has 0 radical (unpaired) electrons. The standard InChI is InChI=1S/C49H84O41.C19H34O15/c1-75-35-19(58)12(4-52)79-44(29(35)68)86-37-21(60)14(6-54)83-48(31(37)70)90-41-25(64)17(9-76-43-27(66)26(65)18(57)10(2-50)78-43)84-49(34(41)73)89-40-24(63)16(8-56)82-47(33(40)72)88-39-23(62)15(7-55)81-46(32(39)71)87-38-22(61)13(5-53)80-45(30(38)69)85-36-20(59)11(3-51)77-42(74)28(36)67;1-5-9(23)16(11(25)7(3-21)30-5)33-19-15(29)17(12(26)8(4-22)32-19)34-18-14(28)13(27)10(24)6(2-20)31-18/h10-74H,2-9H2,1H3;5-29H,2-4H2,1H3/t10?,11?,12?,13?,14?,15?,16?,17?,18-,19-,20-,21-,22-,23-,24-,25-,26+,27?,28?,29?,30?,31?,32?,33?,34?,35+,36+,37+,38+,39+,40+,41+,42-,43-,44+,45+,46+,47+,48+,49+;5-,6?,7?,8?,9?,10+,11+,12+,13-,14?,15?,16+,17-,18-,19-/m10/s1. The van der Waals surface area contributed by atoms with E-state index in [0.717, 1.165) is 7.11 Å². The fraction of sp³-hybridized carbons (Fsp3) is 1.00. The highest BCUT2D eigenvalue weighted by Gasteiger charge is 2.62. The molecule has 55 atom stereocenters. The Morgan fingerprint density at radius 2 is 0.363 bits per heavy atom. The van der Waals surface area contributed by atoms with Crippen molar-refractivity contribution in [2.24, 2.45) is 0 Å². The molecule has 11 saturated heterocycles. The van der Waals surface area contributed by atoms with Gasteiger partial charge in [-0.2, -0.15) is 0 Å². The van der Waals surface area contributed by atoms with E-state index in [9.17, 15) is 179 Å². The minimum absolute atomic E-state index is 0.590. The van der Waals surface area contributed by atoms with E-state index < -0.39 is 410 Å². The Balaban J connectivity index is 0.000000393. The van der Waals surface area contributed by atoms with E-state index in [4.69, 9.17) is 99.5 Å². The minimum atomic E-state index is -2.44. The Labute approximate surface area is 700 Å². The first-order chi connectivity index (χ1) is 58.8. The molecule has 11 aliphatic heterocycles. The lowest BCUT2D eigenvalue weighted by molar-refractivity contribution is -0.402. The van der Waals surface area contributed by atoms with Gasteiger partial charge in [0.2, 0.25) is 0 Å². The van der Waals surface area contributed by atoms with Crippen LogP contribution in [-0.2, 0) is 99.5 Å². The molecule has 56 heteroatoms. The van der Waals surface area contributed by atoms with E-state index in [0.29, 0.717) is 0 Å². The lowest BCUT2D eigenvalue weighted by Crippen LogP contribution is -2.69. The smallest absolute Gasteiger partial charge is 0.187 e. The summed E-state index contributed by atoms with van der Waals surface area (Å²) in [6.07, 6.45) is -104. The number of rotatable bonds is 30. The molecule has 0 aromatic rings. The molecule has 0 amide bonds. The van der Waals surface area contributed by atoms with Crippen molar-refractivity contribution in [2.45, 2.75) is 345 Å². The topological polar surface area (TPSA) is 902 Å². The van der Waals surface area contributed by atoms with Crippen LogP contribution in [0.2, 0.25) is 0 Å². The molecule has 11 aliphatic rings. The summed E-state index contributed by atoms with van der Waals surface area (Å²) in [4.78, 5) is 0. The number of methoxy groups -OCH3 is 1. The van der Waals surface area contributed by atoms with Gasteiger partial charge >= 0.3 is 0 Å². The fourth-order valence-electron chi connectivity index (χ4n) is 15.9. The van der Waals surface area contributed by atoms with Crippen molar-refractivity contribution in [2.75, 3.05) is 79.8 Å². The molecular weight excluding hydrogens is 1710 g/mol. The van der Waals surface area contributed by atoms with Gasteiger partial charge in [-0.05, 0) is 6.92 Å². The summed E-state index contributed by atoms with van der Waals surface area (Å²) < 4.78 is 117. The molecule has 35 N–H and O–H groups in total. The van der Waals surface area contributed by atoms with Crippen LogP contribution in [-0.4, -0.2) is 596 Å². The normalized spacial score (nSPS) is 53.0. The van der Waals surface area contributed by atoms with Crippen LogP contribution in [0.5, 0.6) is 0 Å². The van der Waals surface area contributed by atoms with Gasteiger partial charge < -0.3 is 278 Å². The van der Waals surface area contributed by atoms with E-state index >= 15 is 0 Å². The van der Waals surface area contributed by atoms with Crippen LogP contribution < -0.4 is 0 Å². The van der Waals surface area contributed by atoms with Crippen molar-refractivity contribution in [3.63, 3.8) is 0 Å². The molecule has 11 fully saturated rings. The van der Waals surface area contributed by atoms with Crippen LogP contribution in [0.25, 0.3) is 0 Å². The average molecular weight is 1830 g/mol. The molecule has 11 rings (SSSR count). The van der Waals surface area contributed by atoms with Crippen LogP contribution in [0.15, 0.2) is 0 Å². The summed E-state index contributed by atoms with van der Waals surface area (Å²) >= 11 is 0. The van der Waals surface area contributed by atoms with Gasteiger partial charge in [0.1, 0.15) is 269 Å². The third-order valence-corrected chi connectivity index (χ3v) is 23.2. The van der Waals surface area contributed by atoms with Gasteiger partial charge in [0.15, 0.2) is 62.9 Å².